The molecule has 2 amide bonds. The number of piperidine rings is 1. The third kappa shape index (κ3) is 4.12. The largest absolute Gasteiger partial charge is 0.496 e. The molecule has 1 saturated heterocycles. The third-order valence-electron chi connectivity index (χ3n) is 4.53. The zero-order chi connectivity index (χ0) is 17.7. The lowest BCUT2D eigenvalue weighted by Crippen LogP contribution is -2.41. The van der Waals surface area contributed by atoms with Gasteiger partial charge in [-0.05, 0) is 24.7 Å². The van der Waals surface area contributed by atoms with Gasteiger partial charge in [-0.1, -0.05) is 13.8 Å². The Hall–Kier alpha value is -1.95. The lowest BCUT2D eigenvalue weighted by atomic mass is 9.98. The van der Waals surface area contributed by atoms with Crippen LogP contribution in [0.25, 0.3) is 0 Å². The summed E-state index contributed by atoms with van der Waals surface area (Å²) in [6.45, 7) is 5.67. The molecule has 0 radical (unpaired) electrons. The number of nitrogens with one attached hydrogen (secondary N) is 1. The van der Waals surface area contributed by atoms with Crippen molar-refractivity contribution < 1.29 is 19.4 Å². The van der Waals surface area contributed by atoms with E-state index in [2.05, 4.69) is 19.2 Å². The van der Waals surface area contributed by atoms with E-state index in [1.807, 2.05) is 12.1 Å². The number of methoxy groups -OCH3 is 2. The molecular formula is C18H28N2O4. The van der Waals surface area contributed by atoms with E-state index >= 15 is 0 Å². The van der Waals surface area contributed by atoms with E-state index in [1.165, 1.54) is 0 Å². The first-order chi connectivity index (χ1) is 11.5. The van der Waals surface area contributed by atoms with Crippen LogP contribution in [0.3, 0.4) is 0 Å². The Morgan fingerprint density at radius 3 is 2.21 bits per heavy atom. The maximum Gasteiger partial charge on any atom is 0.321 e. The van der Waals surface area contributed by atoms with E-state index in [4.69, 9.17) is 9.47 Å². The van der Waals surface area contributed by atoms with Crippen LogP contribution in [0, 0.1) is 5.92 Å². The molecule has 0 aromatic heterocycles. The number of anilines is 1. The van der Waals surface area contributed by atoms with Crippen LogP contribution >= 0.6 is 0 Å². The van der Waals surface area contributed by atoms with Gasteiger partial charge in [0.15, 0.2) is 0 Å². The second kappa shape index (κ2) is 8.24. The van der Waals surface area contributed by atoms with Crippen molar-refractivity contribution in [2.45, 2.75) is 32.6 Å². The van der Waals surface area contributed by atoms with Gasteiger partial charge in [0.05, 0.1) is 14.2 Å². The Morgan fingerprint density at radius 2 is 1.79 bits per heavy atom. The lowest BCUT2D eigenvalue weighted by molar-refractivity contribution is 0.143. The number of ether oxygens (including phenoxy) is 2. The average molecular weight is 336 g/mol. The van der Waals surface area contributed by atoms with Crippen LogP contribution in [0.2, 0.25) is 0 Å². The van der Waals surface area contributed by atoms with Crippen LogP contribution in [-0.4, -0.2) is 50.0 Å². The highest BCUT2D eigenvalue weighted by atomic mass is 16.5. The summed E-state index contributed by atoms with van der Waals surface area (Å²) >= 11 is 0. The Balaban J connectivity index is 2.13. The highest BCUT2D eigenvalue weighted by molar-refractivity contribution is 5.90. The Bertz CT molecular complexity index is 541. The number of aliphatic hydroxyl groups excluding tert-OH is 1. The van der Waals surface area contributed by atoms with Gasteiger partial charge in [-0.2, -0.15) is 0 Å². The first-order valence-corrected chi connectivity index (χ1v) is 8.42. The van der Waals surface area contributed by atoms with Crippen LogP contribution < -0.4 is 14.8 Å². The first kappa shape index (κ1) is 18.4. The number of nitrogens with zero attached hydrogens (tertiary/aromatic N) is 1. The Kier molecular flexibility index (Phi) is 6.31. The van der Waals surface area contributed by atoms with Crippen molar-refractivity contribution in [3.63, 3.8) is 0 Å². The predicted octanol–water partition coefficient (Wildman–Crippen LogP) is 3.06. The summed E-state index contributed by atoms with van der Waals surface area (Å²) < 4.78 is 10.9. The first-order valence-electron chi connectivity index (χ1n) is 8.42. The highest BCUT2D eigenvalue weighted by Crippen LogP contribution is 2.38. The smallest absolute Gasteiger partial charge is 0.321 e. The number of urea groups is 1. The average Bonchev–Trinajstić information content (AvgIpc) is 2.60. The monoisotopic (exact) mass is 336 g/mol. The number of benzene rings is 1. The zero-order valence-electron chi connectivity index (χ0n) is 15.0. The van der Waals surface area contributed by atoms with E-state index in [-0.39, 0.29) is 18.6 Å². The predicted molar refractivity (Wildman–Crippen MR) is 94.0 cm³/mol. The number of rotatable bonds is 5. The van der Waals surface area contributed by atoms with Crippen molar-refractivity contribution in [2.24, 2.45) is 5.92 Å². The molecule has 0 aliphatic carbocycles. The van der Waals surface area contributed by atoms with Crippen molar-refractivity contribution in [1.82, 2.24) is 4.90 Å². The van der Waals surface area contributed by atoms with E-state index in [1.54, 1.807) is 19.1 Å². The molecule has 0 atom stereocenters. The quantitative estimate of drug-likeness (QED) is 0.867. The lowest BCUT2D eigenvalue weighted by Gasteiger charge is -2.31. The maximum atomic E-state index is 12.5. The Labute approximate surface area is 143 Å². The van der Waals surface area contributed by atoms with Crippen LogP contribution in [0.5, 0.6) is 11.5 Å². The molecule has 1 aliphatic heterocycles. The van der Waals surface area contributed by atoms with Gasteiger partial charge in [-0.25, -0.2) is 4.79 Å². The molecule has 1 aliphatic rings. The molecule has 1 aromatic rings. The second-order valence-corrected chi connectivity index (χ2v) is 6.49. The standard InChI is InChI=1S/C18H28N2O4/c1-12(2)17-15(23-3)9-14(10-16(17)24-4)19-18(22)20-7-5-13(11-21)6-8-20/h9-10,12-13,21H,5-8,11H2,1-4H3,(H,19,22). The fourth-order valence-corrected chi connectivity index (χ4v) is 3.10. The fraction of sp³-hybridized carbons (Fsp3) is 0.611. The van der Waals surface area contributed by atoms with Crippen LogP contribution in [-0.2, 0) is 0 Å². The number of carbonyl (C=O) groups excluding carboxylic acids is 1. The SMILES string of the molecule is COc1cc(NC(=O)N2CCC(CO)CC2)cc(OC)c1C(C)C. The minimum Gasteiger partial charge on any atom is -0.496 e. The number of hydrogen-bond acceptors (Lipinski definition) is 4. The van der Waals surface area contributed by atoms with Gasteiger partial charge < -0.3 is 24.8 Å². The van der Waals surface area contributed by atoms with E-state index in [9.17, 15) is 9.90 Å². The number of aliphatic hydroxyl groups is 1. The van der Waals surface area contributed by atoms with Gasteiger partial charge in [0.1, 0.15) is 11.5 Å². The van der Waals surface area contributed by atoms with Crippen molar-refractivity contribution >= 4 is 11.7 Å². The number of carbonyl (C=O) groups is 1. The maximum absolute atomic E-state index is 12.5. The molecule has 2 rings (SSSR count). The van der Waals surface area contributed by atoms with Crippen LogP contribution in [0.1, 0.15) is 38.2 Å². The Morgan fingerprint density at radius 1 is 1.25 bits per heavy atom. The molecule has 134 valence electrons. The number of hydrogen-bond donors (Lipinski definition) is 2. The van der Waals surface area contributed by atoms with Crippen LogP contribution in [0.15, 0.2) is 12.1 Å². The molecule has 6 heteroatoms. The number of amides is 2. The molecule has 2 N–H and O–H groups in total. The fourth-order valence-electron chi connectivity index (χ4n) is 3.10. The summed E-state index contributed by atoms with van der Waals surface area (Å²) in [6.07, 6.45) is 1.67. The molecule has 6 nitrogen and oxygen atoms in total. The zero-order valence-corrected chi connectivity index (χ0v) is 15.0. The molecule has 1 aromatic carbocycles. The molecule has 1 fully saturated rings. The van der Waals surface area contributed by atoms with Crippen molar-refractivity contribution in [3.8, 4) is 11.5 Å². The minimum atomic E-state index is -0.132. The topological polar surface area (TPSA) is 71.0 Å². The molecule has 0 saturated carbocycles. The van der Waals surface area contributed by atoms with E-state index in [0.717, 1.165) is 18.4 Å². The molecular weight excluding hydrogens is 308 g/mol. The van der Waals surface area contributed by atoms with Crippen molar-refractivity contribution in [2.75, 3.05) is 39.2 Å². The summed E-state index contributed by atoms with van der Waals surface area (Å²) in [6, 6.07) is 3.53. The number of likely N-dealkylation sites (tertiary alicyclic amines) is 1. The summed E-state index contributed by atoms with van der Waals surface area (Å²) in [5.41, 5.74) is 1.64. The summed E-state index contributed by atoms with van der Waals surface area (Å²) in [5.74, 6) is 1.97. The van der Waals surface area contributed by atoms with Crippen LogP contribution in [0.4, 0.5) is 10.5 Å². The van der Waals surface area contributed by atoms with Gasteiger partial charge >= 0.3 is 6.03 Å². The summed E-state index contributed by atoms with van der Waals surface area (Å²) in [7, 11) is 3.23. The molecule has 24 heavy (non-hydrogen) atoms. The molecule has 0 spiro atoms. The summed E-state index contributed by atoms with van der Waals surface area (Å²) in [5, 5.41) is 12.1. The minimum absolute atomic E-state index is 0.132. The molecule has 0 bridgehead atoms. The molecule has 1 heterocycles. The summed E-state index contributed by atoms with van der Waals surface area (Å²) in [4.78, 5) is 14.2. The third-order valence-corrected chi connectivity index (χ3v) is 4.53. The molecule has 0 unspecified atom stereocenters. The normalized spacial score (nSPS) is 15.5. The van der Waals surface area contributed by atoms with Gasteiger partial charge in [-0.3, -0.25) is 0 Å². The van der Waals surface area contributed by atoms with Gasteiger partial charge in [0, 0.05) is 43.1 Å². The van der Waals surface area contributed by atoms with Gasteiger partial charge in [0.25, 0.3) is 0 Å². The van der Waals surface area contributed by atoms with Gasteiger partial charge in [-0.15, -0.1) is 0 Å². The van der Waals surface area contributed by atoms with E-state index in [0.29, 0.717) is 36.2 Å². The van der Waals surface area contributed by atoms with Crippen molar-refractivity contribution in [1.29, 1.82) is 0 Å². The van der Waals surface area contributed by atoms with E-state index < -0.39 is 0 Å². The van der Waals surface area contributed by atoms with Crippen molar-refractivity contribution in [3.05, 3.63) is 17.7 Å². The second-order valence-electron chi connectivity index (χ2n) is 6.49. The highest BCUT2D eigenvalue weighted by Gasteiger charge is 2.23. The van der Waals surface area contributed by atoms with Gasteiger partial charge in [0.2, 0.25) is 0 Å².